The van der Waals surface area contributed by atoms with Gasteiger partial charge in [0, 0.05) is 18.8 Å². The summed E-state index contributed by atoms with van der Waals surface area (Å²) in [6.45, 7) is 1.56. The molecule has 1 aliphatic rings. The van der Waals surface area contributed by atoms with Gasteiger partial charge in [-0.2, -0.15) is 0 Å². The Kier molecular flexibility index (Phi) is 4.20. The van der Waals surface area contributed by atoms with Crippen molar-refractivity contribution in [3.8, 4) is 0 Å². The van der Waals surface area contributed by atoms with Crippen molar-refractivity contribution in [2.24, 2.45) is 0 Å². The van der Waals surface area contributed by atoms with Crippen LogP contribution in [-0.2, 0) is 11.3 Å². The third-order valence-electron chi connectivity index (χ3n) is 3.42. The Bertz CT molecular complexity index is 419. The fourth-order valence-electron chi connectivity index (χ4n) is 2.43. The zero-order valence-electron chi connectivity index (χ0n) is 10.9. The zero-order chi connectivity index (χ0) is 13.0. The summed E-state index contributed by atoms with van der Waals surface area (Å²) in [6.07, 6.45) is 3.11. The molecule has 3 N–H and O–H groups in total. The molecule has 1 aromatic rings. The maximum atomic E-state index is 11.9. The highest BCUT2D eigenvalue weighted by molar-refractivity contribution is 5.81. The Labute approximate surface area is 108 Å². The lowest BCUT2D eigenvalue weighted by atomic mass is 10.1. The molecule has 18 heavy (non-hydrogen) atoms. The molecule has 1 aliphatic heterocycles. The van der Waals surface area contributed by atoms with Gasteiger partial charge >= 0.3 is 0 Å². The topological polar surface area (TPSA) is 58.4 Å². The molecule has 1 fully saturated rings. The standard InChI is InChI=1S/C14H21N3O/c1-17(10-11-5-4-6-12(15)9-11)13-7-2-3-8-16-14(13)18/h4-6,9,13H,2-3,7-8,10,15H2,1H3,(H,16,18). The summed E-state index contributed by atoms with van der Waals surface area (Å²) in [4.78, 5) is 14.0. The number of hydrogen-bond donors (Lipinski definition) is 2. The summed E-state index contributed by atoms with van der Waals surface area (Å²) < 4.78 is 0. The van der Waals surface area contributed by atoms with Gasteiger partial charge in [0.1, 0.15) is 0 Å². The van der Waals surface area contributed by atoms with E-state index in [0.717, 1.165) is 43.6 Å². The number of nitrogens with two attached hydrogens (primary N) is 1. The number of likely N-dealkylation sites (N-methyl/N-ethyl adjacent to an activating group) is 1. The zero-order valence-corrected chi connectivity index (χ0v) is 10.9. The summed E-state index contributed by atoms with van der Waals surface area (Å²) in [7, 11) is 2.00. The van der Waals surface area contributed by atoms with Crippen LogP contribution in [0.3, 0.4) is 0 Å². The van der Waals surface area contributed by atoms with Crippen LogP contribution in [0.15, 0.2) is 24.3 Å². The van der Waals surface area contributed by atoms with Gasteiger partial charge in [0.15, 0.2) is 0 Å². The molecule has 1 atom stereocenters. The maximum Gasteiger partial charge on any atom is 0.237 e. The molecule has 4 heteroatoms. The van der Waals surface area contributed by atoms with Crippen LogP contribution in [0, 0.1) is 0 Å². The molecule has 0 aromatic heterocycles. The quantitative estimate of drug-likeness (QED) is 0.793. The normalized spacial score (nSPS) is 20.6. The molecule has 1 unspecified atom stereocenters. The molecule has 0 saturated carbocycles. The number of carbonyl (C=O) groups excluding carboxylic acids is 1. The SMILES string of the molecule is CN(Cc1cccc(N)c1)C1CCCCNC1=O. The van der Waals surface area contributed by atoms with E-state index in [0.29, 0.717) is 0 Å². The van der Waals surface area contributed by atoms with Gasteiger partial charge in [0.2, 0.25) is 5.91 Å². The van der Waals surface area contributed by atoms with Crippen LogP contribution in [-0.4, -0.2) is 30.4 Å². The first kappa shape index (κ1) is 12.9. The number of carbonyl (C=O) groups is 1. The minimum Gasteiger partial charge on any atom is -0.399 e. The number of nitrogens with one attached hydrogen (secondary N) is 1. The largest absolute Gasteiger partial charge is 0.399 e. The van der Waals surface area contributed by atoms with Crippen LogP contribution in [0.4, 0.5) is 5.69 Å². The van der Waals surface area contributed by atoms with E-state index >= 15 is 0 Å². The minimum atomic E-state index is -0.0195. The number of rotatable bonds is 3. The first-order valence-electron chi connectivity index (χ1n) is 6.49. The highest BCUT2D eigenvalue weighted by Crippen LogP contribution is 2.15. The second-order valence-electron chi connectivity index (χ2n) is 4.96. The van der Waals surface area contributed by atoms with E-state index < -0.39 is 0 Å². The van der Waals surface area contributed by atoms with Gasteiger partial charge in [0.25, 0.3) is 0 Å². The first-order chi connectivity index (χ1) is 8.66. The van der Waals surface area contributed by atoms with Crippen LogP contribution in [0.5, 0.6) is 0 Å². The number of benzene rings is 1. The minimum absolute atomic E-state index is 0.0195. The third-order valence-corrected chi connectivity index (χ3v) is 3.42. The summed E-state index contributed by atoms with van der Waals surface area (Å²) in [6, 6.07) is 7.81. The molecule has 1 heterocycles. The molecule has 0 radical (unpaired) electrons. The van der Waals surface area contributed by atoms with Crippen LogP contribution in [0.1, 0.15) is 24.8 Å². The number of nitrogen functional groups attached to an aromatic ring is 1. The van der Waals surface area contributed by atoms with Crippen molar-refractivity contribution in [2.75, 3.05) is 19.3 Å². The van der Waals surface area contributed by atoms with Crippen molar-refractivity contribution in [2.45, 2.75) is 31.8 Å². The van der Waals surface area contributed by atoms with Crippen molar-refractivity contribution in [3.63, 3.8) is 0 Å². The van der Waals surface area contributed by atoms with Gasteiger partial charge in [-0.15, -0.1) is 0 Å². The molecule has 1 amide bonds. The lowest BCUT2D eigenvalue weighted by molar-refractivity contribution is -0.125. The second-order valence-corrected chi connectivity index (χ2v) is 4.96. The maximum absolute atomic E-state index is 11.9. The molecule has 98 valence electrons. The lowest BCUT2D eigenvalue weighted by Gasteiger charge is -2.25. The van der Waals surface area contributed by atoms with Gasteiger partial charge in [-0.05, 0) is 44.0 Å². The first-order valence-corrected chi connectivity index (χ1v) is 6.49. The number of nitrogens with zero attached hydrogens (tertiary/aromatic N) is 1. The van der Waals surface area contributed by atoms with Crippen LogP contribution >= 0.6 is 0 Å². The molecular weight excluding hydrogens is 226 g/mol. The predicted molar refractivity (Wildman–Crippen MR) is 73.0 cm³/mol. The Morgan fingerprint density at radius 1 is 1.44 bits per heavy atom. The van der Waals surface area contributed by atoms with E-state index in [1.807, 2.05) is 31.3 Å². The highest BCUT2D eigenvalue weighted by atomic mass is 16.2. The van der Waals surface area contributed by atoms with Gasteiger partial charge < -0.3 is 11.1 Å². The Morgan fingerprint density at radius 2 is 2.28 bits per heavy atom. The molecule has 1 saturated heterocycles. The Morgan fingerprint density at radius 3 is 3.06 bits per heavy atom. The van der Waals surface area contributed by atoms with E-state index in [9.17, 15) is 4.79 Å². The fourth-order valence-corrected chi connectivity index (χ4v) is 2.43. The molecule has 2 rings (SSSR count). The summed E-state index contributed by atoms with van der Waals surface area (Å²) in [5, 5.41) is 2.97. The molecular formula is C14H21N3O. The number of anilines is 1. The van der Waals surface area contributed by atoms with Crippen molar-refractivity contribution in [1.82, 2.24) is 10.2 Å². The molecule has 0 bridgehead atoms. The van der Waals surface area contributed by atoms with Crippen LogP contribution in [0.25, 0.3) is 0 Å². The van der Waals surface area contributed by atoms with Gasteiger partial charge in [-0.3, -0.25) is 9.69 Å². The fraction of sp³-hybridized carbons (Fsp3) is 0.500. The molecule has 4 nitrogen and oxygen atoms in total. The molecule has 1 aromatic carbocycles. The highest BCUT2D eigenvalue weighted by Gasteiger charge is 2.24. The monoisotopic (exact) mass is 247 g/mol. The van der Waals surface area contributed by atoms with Gasteiger partial charge in [-0.25, -0.2) is 0 Å². The lowest BCUT2D eigenvalue weighted by Crippen LogP contribution is -2.43. The summed E-state index contributed by atoms with van der Waals surface area (Å²) in [5.74, 6) is 0.152. The van der Waals surface area contributed by atoms with E-state index in [4.69, 9.17) is 5.73 Å². The average Bonchev–Trinajstić information content (AvgIpc) is 2.54. The van der Waals surface area contributed by atoms with Crippen LogP contribution < -0.4 is 11.1 Å². The third kappa shape index (κ3) is 3.23. The van der Waals surface area contributed by atoms with E-state index in [1.165, 1.54) is 0 Å². The van der Waals surface area contributed by atoms with Crippen LogP contribution in [0.2, 0.25) is 0 Å². The predicted octanol–water partition coefficient (Wildman–Crippen LogP) is 1.37. The van der Waals surface area contributed by atoms with Crippen molar-refractivity contribution in [1.29, 1.82) is 0 Å². The summed E-state index contributed by atoms with van der Waals surface area (Å²) in [5.41, 5.74) is 7.68. The molecule has 0 aliphatic carbocycles. The van der Waals surface area contributed by atoms with E-state index in [1.54, 1.807) is 0 Å². The average molecular weight is 247 g/mol. The smallest absolute Gasteiger partial charge is 0.237 e. The summed E-state index contributed by atoms with van der Waals surface area (Å²) >= 11 is 0. The van der Waals surface area contributed by atoms with E-state index in [-0.39, 0.29) is 11.9 Å². The van der Waals surface area contributed by atoms with Gasteiger partial charge in [-0.1, -0.05) is 12.1 Å². The number of hydrogen-bond acceptors (Lipinski definition) is 3. The Hall–Kier alpha value is -1.55. The van der Waals surface area contributed by atoms with E-state index in [2.05, 4.69) is 10.2 Å². The molecule has 0 spiro atoms. The van der Waals surface area contributed by atoms with Crippen molar-refractivity contribution < 1.29 is 4.79 Å². The number of amides is 1. The van der Waals surface area contributed by atoms with Crippen molar-refractivity contribution >= 4 is 11.6 Å². The Balaban J connectivity index is 2.02. The van der Waals surface area contributed by atoms with Crippen molar-refractivity contribution in [3.05, 3.63) is 29.8 Å². The second kappa shape index (κ2) is 5.87. The van der Waals surface area contributed by atoms with Gasteiger partial charge in [0.05, 0.1) is 6.04 Å².